The van der Waals surface area contributed by atoms with E-state index < -0.39 is 6.10 Å². The molecule has 0 aromatic rings. The van der Waals surface area contributed by atoms with Crippen molar-refractivity contribution in [2.75, 3.05) is 13.2 Å². The Morgan fingerprint density at radius 3 is 1.07 bits per heavy atom. The lowest BCUT2D eigenvalue weighted by Crippen LogP contribution is -2.30. The zero-order chi connectivity index (χ0) is 41.5. The van der Waals surface area contributed by atoms with Crippen molar-refractivity contribution in [3.8, 4) is 0 Å². The van der Waals surface area contributed by atoms with E-state index in [1.165, 1.54) is 122 Å². The van der Waals surface area contributed by atoms with Gasteiger partial charge in [0.15, 0.2) is 6.10 Å². The smallest absolute Gasteiger partial charge is 0.306 e. The molecule has 0 radical (unpaired) electrons. The van der Waals surface area contributed by atoms with E-state index in [0.717, 1.165) is 89.9 Å². The summed E-state index contributed by atoms with van der Waals surface area (Å²) in [5.41, 5.74) is 0. The lowest BCUT2D eigenvalue weighted by molar-refractivity contribution is -0.167. The highest BCUT2D eigenvalue weighted by Gasteiger charge is 2.19. The second-order valence-electron chi connectivity index (χ2n) is 16.4. The van der Waals surface area contributed by atoms with E-state index in [4.69, 9.17) is 14.2 Å². The van der Waals surface area contributed by atoms with Crippen LogP contribution >= 0.6 is 0 Å². The van der Waals surface area contributed by atoms with E-state index in [-0.39, 0.29) is 31.1 Å². The summed E-state index contributed by atoms with van der Waals surface area (Å²) in [6.07, 6.45) is 53.2. The molecular formula is C51H92O6. The fourth-order valence-corrected chi connectivity index (χ4v) is 6.99. The molecule has 0 fully saturated rings. The molecule has 0 N–H and O–H groups in total. The van der Waals surface area contributed by atoms with E-state index in [1.807, 2.05) is 0 Å². The molecule has 0 rings (SSSR count). The normalized spacial score (nSPS) is 12.3. The average molecular weight is 801 g/mol. The number of carbonyl (C=O) groups excluding carboxylic acids is 3. The van der Waals surface area contributed by atoms with Gasteiger partial charge in [-0.05, 0) is 51.4 Å². The predicted octanol–water partition coefficient (Wildman–Crippen LogP) is 15.8. The summed E-state index contributed by atoms with van der Waals surface area (Å²) < 4.78 is 16.6. The number of carbonyl (C=O) groups is 3. The summed E-state index contributed by atoms with van der Waals surface area (Å²) in [7, 11) is 0. The van der Waals surface area contributed by atoms with Crippen LogP contribution in [-0.2, 0) is 28.6 Å². The first-order chi connectivity index (χ1) is 28.0. The Bertz CT molecular complexity index is 969. The van der Waals surface area contributed by atoms with Gasteiger partial charge in [-0.25, -0.2) is 0 Å². The minimum atomic E-state index is -0.779. The van der Waals surface area contributed by atoms with E-state index in [1.54, 1.807) is 0 Å². The Kier molecular flexibility index (Phi) is 44.4. The van der Waals surface area contributed by atoms with E-state index >= 15 is 0 Å². The van der Waals surface area contributed by atoms with Crippen LogP contribution in [0.3, 0.4) is 0 Å². The van der Waals surface area contributed by atoms with Crippen LogP contribution in [0.5, 0.6) is 0 Å². The van der Waals surface area contributed by atoms with Crippen LogP contribution in [0.4, 0.5) is 0 Å². The van der Waals surface area contributed by atoms with Crippen LogP contribution in [0, 0.1) is 0 Å². The Hall–Kier alpha value is -2.37. The number of unbranched alkanes of at least 4 members (excludes halogenated alkanes) is 27. The van der Waals surface area contributed by atoms with Gasteiger partial charge < -0.3 is 14.2 Å². The van der Waals surface area contributed by atoms with Gasteiger partial charge in [-0.15, -0.1) is 0 Å². The molecule has 0 heterocycles. The Labute approximate surface area is 353 Å². The molecule has 0 aromatic carbocycles. The van der Waals surface area contributed by atoms with Gasteiger partial charge in [0.05, 0.1) is 0 Å². The number of rotatable bonds is 44. The summed E-state index contributed by atoms with van der Waals surface area (Å²) in [6.45, 7) is 6.43. The van der Waals surface area contributed by atoms with Crippen LogP contribution in [0.2, 0.25) is 0 Å². The number of esters is 3. The molecule has 0 amide bonds. The number of hydrogen-bond donors (Lipinski definition) is 0. The van der Waals surface area contributed by atoms with E-state index in [2.05, 4.69) is 57.2 Å². The Balaban J connectivity index is 4.12. The van der Waals surface area contributed by atoms with Crippen molar-refractivity contribution in [1.29, 1.82) is 0 Å². The first kappa shape index (κ1) is 54.6. The van der Waals surface area contributed by atoms with Gasteiger partial charge in [-0.1, -0.05) is 218 Å². The van der Waals surface area contributed by atoms with Gasteiger partial charge in [-0.2, -0.15) is 0 Å². The molecule has 0 saturated carbocycles. The summed E-state index contributed by atoms with van der Waals surface area (Å²) in [5, 5.41) is 0. The molecule has 0 saturated heterocycles. The van der Waals surface area contributed by atoms with Crippen molar-refractivity contribution < 1.29 is 28.6 Å². The van der Waals surface area contributed by atoms with Gasteiger partial charge in [-0.3, -0.25) is 14.4 Å². The summed E-state index contributed by atoms with van der Waals surface area (Å²) in [6, 6.07) is 0. The van der Waals surface area contributed by atoms with Crippen molar-refractivity contribution in [3.05, 3.63) is 36.5 Å². The monoisotopic (exact) mass is 801 g/mol. The Morgan fingerprint density at radius 2 is 0.684 bits per heavy atom. The fourth-order valence-electron chi connectivity index (χ4n) is 6.99. The third-order valence-corrected chi connectivity index (χ3v) is 10.7. The first-order valence-corrected chi connectivity index (χ1v) is 24.5. The first-order valence-electron chi connectivity index (χ1n) is 24.5. The van der Waals surface area contributed by atoms with Gasteiger partial charge in [0.2, 0.25) is 0 Å². The zero-order valence-electron chi connectivity index (χ0n) is 37.9. The quantitative estimate of drug-likeness (QED) is 0.0264. The van der Waals surface area contributed by atoms with Crippen molar-refractivity contribution in [2.45, 2.75) is 258 Å². The minimum Gasteiger partial charge on any atom is -0.462 e. The highest BCUT2D eigenvalue weighted by atomic mass is 16.6. The maximum Gasteiger partial charge on any atom is 0.306 e. The summed E-state index contributed by atoms with van der Waals surface area (Å²) in [4.78, 5) is 37.5. The fraction of sp³-hybridized carbons (Fsp3) is 0.824. The molecule has 332 valence electrons. The van der Waals surface area contributed by atoms with Crippen LogP contribution in [0.15, 0.2) is 36.5 Å². The highest BCUT2D eigenvalue weighted by Crippen LogP contribution is 2.16. The molecule has 0 aliphatic rings. The molecule has 1 unspecified atom stereocenters. The SMILES string of the molecule is CC/C=C\C/C=C\C/C=C\CCCCCC(=O)OC(COC(=O)CCCCCCC)COC(=O)CCCCCCCCCCCCCCCCCCCCCCC. The molecule has 0 aliphatic carbocycles. The molecule has 6 heteroatoms. The molecular weight excluding hydrogens is 709 g/mol. The molecule has 0 aromatic heterocycles. The standard InChI is InChI=1S/C51H92O6/c1-4-7-10-13-15-17-19-21-22-23-24-25-26-27-28-30-31-33-35-38-41-44-50(53)56-47-48(46-55-49(52)43-40-37-12-9-6-3)57-51(54)45-42-39-36-34-32-29-20-18-16-14-11-8-5-2/h8,11,16,18,29,32,48H,4-7,9-10,12-15,17,19-28,30-31,33-47H2,1-3H3/b11-8-,18-16-,32-29-. The number of allylic oxidation sites excluding steroid dienone is 6. The van der Waals surface area contributed by atoms with E-state index in [0.29, 0.717) is 19.3 Å². The highest BCUT2D eigenvalue weighted by molar-refractivity contribution is 5.71. The Morgan fingerprint density at radius 1 is 0.368 bits per heavy atom. The predicted molar refractivity (Wildman–Crippen MR) is 242 cm³/mol. The van der Waals surface area contributed by atoms with Crippen molar-refractivity contribution in [3.63, 3.8) is 0 Å². The van der Waals surface area contributed by atoms with Crippen molar-refractivity contribution in [1.82, 2.24) is 0 Å². The third kappa shape index (κ3) is 44.6. The second-order valence-corrected chi connectivity index (χ2v) is 16.4. The summed E-state index contributed by atoms with van der Waals surface area (Å²) in [5.74, 6) is -0.919. The molecule has 0 spiro atoms. The molecule has 0 bridgehead atoms. The molecule has 57 heavy (non-hydrogen) atoms. The number of hydrogen-bond acceptors (Lipinski definition) is 6. The van der Waals surface area contributed by atoms with Gasteiger partial charge in [0.25, 0.3) is 0 Å². The van der Waals surface area contributed by atoms with Crippen LogP contribution < -0.4 is 0 Å². The van der Waals surface area contributed by atoms with Gasteiger partial charge in [0.1, 0.15) is 13.2 Å². The number of ether oxygens (including phenoxy) is 3. The van der Waals surface area contributed by atoms with Gasteiger partial charge in [0, 0.05) is 19.3 Å². The van der Waals surface area contributed by atoms with Crippen LogP contribution in [0.25, 0.3) is 0 Å². The molecule has 6 nitrogen and oxygen atoms in total. The maximum absolute atomic E-state index is 12.7. The largest absolute Gasteiger partial charge is 0.462 e. The molecule has 1 atom stereocenters. The lowest BCUT2D eigenvalue weighted by atomic mass is 10.0. The van der Waals surface area contributed by atoms with Crippen LogP contribution in [0.1, 0.15) is 252 Å². The zero-order valence-corrected chi connectivity index (χ0v) is 37.9. The average Bonchev–Trinajstić information content (AvgIpc) is 3.21. The summed E-state index contributed by atoms with van der Waals surface area (Å²) >= 11 is 0. The van der Waals surface area contributed by atoms with Crippen LogP contribution in [-0.4, -0.2) is 37.2 Å². The molecule has 0 aliphatic heterocycles. The van der Waals surface area contributed by atoms with Crippen molar-refractivity contribution in [2.24, 2.45) is 0 Å². The van der Waals surface area contributed by atoms with Gasteiger partial charge >= 0.3 is 17.9 Å². The third-order valence-electron chi connectivity index (χ3n) is 10.7. The van der Waals surface area contributed by atoms with E-state index in [9.17, 15) is 14.4 Å². The minimum absolute atomic E-state index is 0.0816. The second kappa shape index (κ2) is 46.3. The maximum atomic E-state index is 12.7. The topological polar surface area (TPSA) is 78.9 Å². The lowest BCUT2D eigenvalue weighted by Gasteiger charge is -2.18. The van der Waals surface area contributed by atoms with Crippen molar-refractivity contribution >= 4 is 17.9 Å².